The molecule has 0 radical (unpaired) electrons. The molecule has 1 aromatic rings. The third-order valence-electron chi connectivity index (χ3n) is 2.19. The Balaban J connectivity index is 2.43. The molecule has 0 spiro atoms. The number of carbonyl (C=O) groups is 1. The van der Waals surface area contributed by atoms with E-state index in [4.69, 9.17) is 5.73 Å². The summed E-state index contributed by atoms with van der Waals surface area (Å²) in [4.78, 5) is 11.5. The summed E-state index contributed by atoms with van der Waals surface area (Å²) in [5, 5.41) is 2.86. The van der Waals surface area contributed by atoms with E-state index < -0.39 is 5.54 Å². The molecule has 0 aromatic heterocycles. The number of rotatable bonds is 4. The van der Waals surface area contributed by atoms with Crippen LogP contribution >= 0.6 is 0 Å². The van der Waals surface area contributed by atoms with Crippen molar-refractivity contribution in [1.29, 1.82) is 0 Å². The lowest BCUT2D eigenvalue weighted by atomic mass is 10.0. The van der Waals surface area contributed by atoms with Gasteiger partial charge in [0.25, 0.3) is 0 Å². The number of aryl methyl sites for hydroxylation is 1. The van der Waals surface area contributed by atoms with Crippen molar-refractivity contribution in [2.75, 3.05) is 0 Å². The second-order valence-electron chi connectivity index (χ2n) is 4.93. The molecule has 0 saturated carbocycles. The molecule has 1 amide bonds. The van der Waals surface area contributed by atoms with E-state index in [0.29, 0.717) is 13.0 Å². The van der Waals surface area contributed by atoms with Crippen molar-refractivity contribution in [3.63, 3.8) is 0 Å². The van der Waals surface area contributed by atoms with Gasteiger partial charge in [-0.15, -0.1) is 0 Å². The lowest BCUT2D eigenvalue weighted by Crippen LogP contribution is -2.38. The summed E-state index contributed by atoms with van der Waals surface area (Å²) < 4.78 is 0. The number of nitrogens with two attached hydrogens (primary N) is 1. The Labute approximate surface area is 97.0 Å². The van der Waals surface area contributed by atoms with Crippen LogP contribution in [0.25, 0.3) is 0 Å². The van der Waals surface area contributed by atoms with Gasteiger partial charge in [-0.25, -0.2) is 0 Å². The Morgan fingerprint density at radius 3 is 2.69 bits per heavy atom. The zero-order chi connectivity index (χ0) is 12.2. The predicted octanol–water partition coefficient (Wildman–Crippen LogP) is 1.74. The molecule has 0 saturated heterocycles. The number of hydrogen-bond acceptors (Lipinski definition) is 2. The molecule has 3 nitrogen and oxygen atoms in total. The molecule has 0 atom stereocenters. The van der Waals surface area contributed by atoms with Crippen LogP contribution in [0.1, 0.15) is 31.4 Å². The third kappa shape index (κ3) is 4.94. The Morgan fingerprint density at radius 2 is 2.12 bits per heavy atom. The van der Waals surface area contributed by atoms with Gasteiger partial charge in [0.2, 0.25) is 5.91 Å². The fourth-order valence-electron chi connectivity index (χ4n) is 1.50. The van der Waals surface area contributed by atoms with Gasteiger partial charge < -0.3 is 11.1 Å². The SMILES string of the molecule is Cc1cccc(CNC(=O)CC(C)(C)N)c1. The Hall–Kier alpha value is -1.35. The van der Waals surface area contributed by atoms with Gasteiger partial charge in [0.1, 0.15) is 0 Å². The van der Waals surface area contributed by atoms with Gasteiger partial charge in [-0.05, 0) is 26.3 Å². The van der Waals surface area contributed by atoms with Crippen LogP contribution in [0.15, 0.2) is 24.3 Å². The maximum Gasteiger partial charge on any atom is 0.222 e. The molecule has 1 rings (SSSR count). The van der Waals surface area contributed by atoms with Crippen molar-refractivity contribution in [3.05, 3.63) is 35.4 Å². The molecule has 3 N–H and O–H groups in total. The van der Waals surface area contributed by atoms with Crippen LogP contribution in [0, 0.1) is 6.92 Å². The zero-order valence-corrected chi connectivity index (χ0v) is 10.2. The lowest BCUT2D eigenvalue weighted by molar-refractivity contribution is -0.122. The molecule has 0 aliphatic carbocycles. The molecular formula is C13H20N2O. The molecule has 0 aliphatic heterocycles. The number of hydrogen-bond donors (Lipinski definition) is 2. The summed E-state index contributed by atoms with van der Waals surface area (Å²) in [6, 6.07) is 8.09. The average Bonchev–Trinajstić information content (AvgIpc) is 2.12. The van der Waals surface area contributed by atoms with Crippen LogP contribution in [-0.4, -0.2) is 11.4 Å². The summed E-state index contributed by atoms with van der Waals surface area (Å²) in [6.45, 7) is 6.30. The molecular weight excluding hydrogens is 200 g/mol. The Kier molecular flexibility index (Phi) is 4.07. The summed E-state index contributed by atoms with van der Waals surface area (Å²) in [5.74, 6) is -0.00555. The monoisotopic (exact) mass is 220 g/mol. The molecule has 0 aliphatic rings. The first-order valence-electron chi connectivity index (χ1n) is 5.48. The Bertz CT molecular complexity index is 366. The minimum Gasteiger partial charge on any atom is -0.352 e. The highest BCUT2D eigenvalue weighted by molar-refractivity contribution is 5.77. The van der Waals surface area contributed by atoms with Crippen molar-refractivity contribution < 1.29 is 4.79 Å². The van der Waals surface area contributed by atoms with Crippen LogP contribution < -0.4 is 11.1 Å². The highest BCUT2D eigenvalue weighted by atomic mass is 16.1. The van der Waals surface area contributed by atoms with Gasteiger partial charge in [0.05, 0.1) is 0 Å². The molecule has 88 valence electrons. The van der Waals surface area contributed by atoms with Crippen LogP contribution in [0.4, 0.5) is 0 Å². The summed E-state index contributed by atoms with van der Waals surface area (Å²) >= 11 is 0. The standard InChI is InChI=1S/C13H20N2O/c1-10-5-4-6-11(7-10)9-15-12(16)8-13(2,3)14/h4-7H,8-9,14H2,1-3H3,(H,15,16). The topological polar surface area (TPSA) is 55.1 Å². The third-order valence-corrected chi connectivity index (χ3v) is 2.19. The van der Waals surface area contributed by atoms with Crippen molar-refractivity contribution >= 4 is 5.91 Å². The summed E-state index contributed by atoms with van der Waals surface area (Å²) in [6.07, 6.45) is 0.346. The minimum absolute atomic E-state index is 0.00555. The highest BCUT2D eigenvalue weighted by Gasteiger charge is 2.15. The van der Waals surface area contributed by atoms with E-state index in [2.05, 4.69) is 11.4 Å². The van der Waals surface area contributed by atoms with Crippen LogP contribution in [0.5, 0.6) is 0 Å². The average molecular weight is 220 g/mol. The Morgan fingerprint density at radius 1 is 1.44 bits per heavy atom. The van der Waals surface area contributed by atoms with E-state index in [1.165, 1.54) is 5.56 Å². The van der Waals surface area contributed by atoms with Crippen molar-refractivity contribution in [3.8, 4) is 0 Å². The fourth-order valence-corrected chi connectivity index (χ4v) is 1.50. The van der Waals surface area contributed by atoms with E-state index in [0.717, 1.165) is 5.56 Å². The molecule has 3 heteroatoms. The van der Waals surface area contributed by atoms with Gasteiger partial charge in [0.15, 0.2) is 0 Å². The van der Waals surface area contributed by atoms with E-state index in [9.17, 15) is 4.79 Å². The van der Waals surface area contributed by atoms with E-state index in [1.807, 2.05) is 39.0 Å². The first-order chi connectivity index (χ1) is 7.37. The number of nitrogens with one attached hydrogen (secondary N) is 1. The summed E-state index contributed by atoms with van der Waals surface area (Å²) in [5.41, 5.74) is 7.63. The molecule has 16 heavy (non-hydrogen) atoms. The van der Waals surface area contributed by atoms with Gasteiger partial charge in [-0.1, -0.05) is 29.8 Å². The van der Waals surface area contributed by atoms with Gasteiger partial charge in [-0.3, -0.25) is 4.79 Å². The second kappa shape index (κ2) is 5.12. The quantitative estimate of drug-likeness (QED) is 0.812. The van der Waals surface area contributed by atoms with Crippen LogP contribution in [0.3, 0.4) is 0 Å². The number of benzene rings is 1. The van der Waals surface area contributed by atoms with Crippen LogP contribution in [-0.2, 0) is 11.3 Å². The molecule has 0 unspecified atom stereocenters. The molecule has 1 aromatic carbocycles. The number of carbonyl (C=O) groups excluding carboxylic acids is 1. The van der Waals surface area contributed by atoms with E-state index in [-0.39, 0.29) is 5.91 Å². The largest absolute Gasteiger partial charge is 0.352 e. The summed E-state index contributed by atoms with van der Waals surface area (Å²) in [7, 11) is 0. The zero-order valence-electron chi connectivity index (χ0n) is 10.2. The first kappa shape index (κ1) is 12.7. The maximum absolute atomic E-state index is 11.5. The molecule has 0 heterocycles. The number of amides is 1. The van der Waals surface area contributed by atoms with Gasteiger partial charge in [0, 0.05) is 18.5 Å². The van der Waals surface area contributed by atoms with Gasteiger partial charge >= 0.3 is 0 Å². The smallest absolute Gasteiger partial charge is 0.222 e. The van der Waals surface area contributed by atoms with Crippen molar-refractivity contribution in [2.24, 2.45) is 5.73 Å². The highest BCUT2D eigenvalue weighted by Crippen LogP contribution is 2.05. The second-order valence-corrected chi connectivity index (χ2v) is 4.93. The fraction of sp³-hybridized carbons (Fsp3) is 0.462. The predicted molar refractivity (Wildman–Crippen MR) is 65.9 cm³/mol. The van der Waals surface area contributed by atoms with E-state index >= 15 is 0 Å². The lowest BCUT2D eigenvalue weighted by Gasteiger charge is -2.17. The maximum atomic E-state index is 11.5. The minimum atomic E-state index is -0.448. The molecule has 0 fully saturated rings. The van der Waals surface area contributed by atoms with Crippen LogP contribution in [0.2, 0.25) is 0 Å². The van der Waals surface area contributed by atoms with Gasteiger partial charge in [-0.2, -0.15) is 0 Å². The molecule has 0 bridgehead atoms. The first-order valence-corrected chi connectivity index (χ1v) is 5.48. The normalized spacial score (nSPS) is 11.2. The van der Waals surface area contributed by atoms with Crippen molar-refractivity contribution in [2.45, 2.75) is 39.3 Å². The van der Waals surface area contributed by atoms with E-state index in [1.54, 1.807) is 0 Å². The van der Waals surface area contributed by atoms with Crippen molar-refractivity contribution in [1.82, 2.24) is 5.32 Å².